The number of hydrogen-bond acceptors (Lipinski definition) is 1. The molecule has 0 fully saturated rings. The minimum Gasteiger partial charge on any atom is -0.207 e. The van der Waals surface area contributed by atoms with Crippen molar-refractivity contribution in [3.8, 4) is 6.07 Å². The maximum absolute atomic E-state index is 13.2. The Kier molecular flexibility index (Phi) is 2.67. The molecule has 1 aliphatic carbocycles. The Labute approximate surface area is 77.9 Å². The molecule has 0 saturated carbocycles. The van der Waals surface area contributed by atoms with Crippen LogP contribution in [0.15, 0.2) is 35.7 Å². The summed E-state index contributed by atoms with van der Waals surface area (Å²) in [4.78, 5) is 0. The summed E-state index contributed by atoms with van der Waals surface area (Å²) < 4.78 is 13.2. The van der Waals surface area contributed by atoms with Crippen molar-refractivity contribution in [2.24, 2.45) is 5.41 Å². The highest BCUT2D eigenvalue weighted by molar-refractivity contribution is 5.36. The molecule has 0 saturated heterocycles. The standard InChI is InChI=1S/C11H12FN/c1-11(2)6-3-9(5-8-13)10(12)4-7-11/h3-4,6-7H,5H2,1-2H3. The molecule has 68 valence electrons. The molecular formula is C11H12FN. The van der Waals surface area contributed by atoms with E-state index in [0.29, 0.717) is 5.57 Å². The average molecular weight is 177 g/mol. The van der Waals surface area contributed by atoms with Crippen LogP contribution in [-0.2, 0) is 0 Å². The second-order valence-corrected chi connectivity index (χ2v) is 3.70. The number of allylic oxidation sites excluding steroid dienone is 6. The minimum atomic E-state index is -0.302. The van der Waals surface area contributed by atoms with Crippen molar-refractivity contribution in [2.45, 2.75) is 20.3 Å². The fraction of sp³-hybridized carbons (Fsp3) is 0.364. The van der Waals surface area contributed by atoms with Gasteiger partial charge in [-0.25, -0.2) is 4.39 Å². The van der Waals surface area contributed by atoms with Crippen LogP contribution in [0.5, 0.6) is 0 Å². The van der Waals surface area contributed by atoms with Crippen LogP contribution < -0.4 is 0 Å². The minimum absolute atomic E-state index is 0.128. The normalized spacial score (nSPS) is 19.8. The predicted molar refractivity (Wildman–Crippen MR) is 50.4 cm³/mol. The van der Waals surface area contributed by atoms with Gasteiger partial charge in [-0.3, -0.25) is 0 Å². The fourth-order valence-corrected chi connectivity index (χ4v) is 1.07. The van der Waals surface area contributed by atoms with Crippen molar-refractivity contribution in [1.29, 1.82) is 5.26 Å². The number of nitriles is 1. The molecule has 0 radical (unpaired) electrons. The van der Waals surface area contributed by atoms with Gasteiger partial charge < -0.3 is 0 Å². The predicted octanol–water partition coefficient (Wildman–Crippen LogP) is 3.28. The molecule has 0 amide bonds. The van der Waals surface area contributed by atoms with Gasteiger partial charge in [-0.15, -0.1) is 0 Å². The van der Waals surface area contributed by atoms with Crippen LogP contribution >= 0.6 is 0 Å². The highest BCUT2D eigenvalue weighted by Crippen LogP contribution is 2.26. The van der Waals surface area contributed by atoms with Gasteiger partial charge in [0, 0.05) is 11.0 Å². The molecule has 1 nitrogen and oxygen atoms in total. The summed E-state index contributed by atoms with van der Waals surface area (Å²) in [6.07, 6.45) is 6.96. The maximum atomic E-state index is 13.2. The van der Waals surface area contributed by atoms with Gasteiger partial charge in [-0.1, -0.05) is 32.1 Å². The second-order valence-electron chi connectivity index (χ2n) is 3.70. The summed E-state index contributed by atoms with van der Waals surface area (Å²) in [5.74, 6) is -0.302. The van der Waals surface area contributed by atoms with E-state index < -0.39 is 0 Å². The molecule has 0 atom stereocenters. The lowest BCUT2D eigenvalue weighted by Gasteiger charge is -2.12. The van der Waals surface area contributed by atoms with E-state index in [1.807, 2.05) is 26.0 Å². The molecule has 0 bridgehead atoms. The Morgan fingerprint density at radius 3 is 2.62 bits per heavy atom. The molecule has 0 unspecified atom stereocenters. The Balaban J connectivity index is 2.99. The smallest absolute Gasteiger partial charge is 0.127 e. The van der Waals surface area contributed by atoms with Crippen LogP contribution in [0.3, 0.4) is 0 Å². The van der Waals surface area contributed by atoms with Crippen molar-refractivity contribution in [1.82, 2.24) is 0 Å². The van der Waals surface area contributed by atoms with Gasteiger partial charge in [0.15, 0.2) is 0 Å². The zero-order valence-electron chi connectivity index (χ0n) is 7.84. The molecule has 0 N–H and O–H groups in total. The van der Waals surface area contributed by atoms with E-state index in [2.05, 4.69) is 0 Å². The quantitative estimate of drug-likeness (QED) is 0.603. The lowest BCUT2D eigenvalue weighted by molar-refractivity contribution is 0.619. The Morgan fingerprint density at radius 1 is 1.38 bits per heavy atom. The molecule has 13 heavy (non-hydrogen) atoms. The third kappa shape index (κ3) is 2.55. The first-order chi connectivity index (χ1) is 6.05. The first-order valence-electron chi connectivity index (χ1n) is 4.19. The van der Waals surface area contributed by atoms with Gasteiger partial charge in [0.2, 0.25) is 0 Å². The largest absolute Gasteiger partial charge is 0.207 e. The Bertz CT molecular complexity index is 326. The van der Waals surface area contributed by atoms with Crippen molar-refractivity contribution in [3.63, 3.8) is 0 Å². The van der Waals surface area contributed by atoms with E-state index in [4.69, 9.17) is 5.26 Å². The molecule has 0 aromatic rings. The van der Waals surface area contributed by atoms with Crippen LogP contribution in [0.2, 0.25) is 0 Å². The third-order valence-electron chi connectivity index (χ3n) is 1.95. The summed E-state index contributed by atoms with van der Waals surface area (Å²) in [5, 5.41) is 8.45. The van der Waals surface area contributed by atoms with E-state index in [0.717, 1.165) is 0 Å². The summed E-state index contributed by atoms with van der Waals surface area (Å²) in [6.45, 7) is 3.98. The molecule has 0 heterocycles. The van der Waals surface area contributed by atoms with Gasteiger partial charge in [-0.2, -0.15) is 5.26 Å². The number of rotatable bonds is 1. The van der Waals surface area contributed by atoms with E-state index >= 15 is 0 Å². The van der Waals surface area contributed by atoms with Crippen LogP contribution in [-0.4, -0.2) is 0 Å². The van der Waals surface area contributed by atoms with E-state index in [1.165, 1.54) is 6.08 Å². The lowest BCUT2D eigenvalue weighted by atomic mass is 9.93. The number of halogens is 1. The van der Waals surface area contributed by atoms with Crippen molar-refractivity contribution in [2.75, 3.05) is 0 Å². The molecular weight excluding hydrogens is 165 g/mol. The molecule has 0 aromatic heterocycles. The zero-order chi connectivity index (χ0) is 9.90. The van der Waals surface area contributed by atoms with Gasteiger partial charge in [-0.05, 0) is 6.08 Å². The first-order valence-corrected chi connectivity index (χ1v) is 4.19. The number of nitrogens with zero attached hydrogens (tertiary/aromatic N) is 1. The first kappa shape index (κ1) is 9.73. The summed E-state index contributed by atoms with van der Waals surface area (Å²) in [5.41, 5.74) is 0.332. The van der Waals surface area contributed by atoms with E-state index in [1.54, 1.807) is 12.2 Å². The second kappa shape index (κ2) is 3.57. The molecule has 0 aliphatic heterocycles. The summed E-state index contributed by atoms with van der Waals surface area (Å²) >= 11 is 0. The van der Waals surface area contributed by atoms with Crippen molar-refractivity contribution >= 4 is 0 Å². The van der Waals surface area contributed by atoms with Gasteiger partial charge in [0.1, 0.15) is 5.83 Å². The van der Waals surface area contributed by atoms with Gasteiger partial charge in [0.25, 0.3) is 0 Å². The van der Waals surface area contributed by atoms with Crippen LogP contribution in [0, 0.1) is 16.7 Å². The van der Waals surface area contributed by atoms with Crippen molar-refractivity contribution in [3.05, 3.63) is 35.7 Å². The molecule has 1 aliphatic rings. The fourth-order valence-electron chi connectivity index (χ4n) is 1.07. The lowest BCUT2D eigenvalue weighted by Crippen LogP contribution is -2.00. The van der Waals surface area contributed by atoms with Crippen LogP contribution in [0.4, 0.5) is 4.39 Å². The zero-order valence-corrected chi connectivity index (χ0v) is 7.84. The number of hydrogen-bond donors (Lipinski definition) is 0. The third-order valence-corrected chi connectivity index (χ3v) is 1.95. The Morgan fingerprint density at radius 2 is 2.00 bits per heavy atom. The van der Waals surface area contributed by atoms with Crippen LogP contribution in [0.25, 0.3) is 0 Å². The van der Waals surface area contributed by atoms with Gasteiger partial charge in [0.05, 0.1) is 12.5 Å². The topological polar surface area (TPSA) is 23.8 Å². The molecule has 0 spiro atoms. The van der Waals surface area contributed by atoms with E-state index in [-0.39, 0.29) is 17.7 Å². The Hall–Kier alpha value is -1.36. The highest BCUT2D eigenvalue weighted by atomic mass is 19.1. The van der Waals surface area contributed by atoms with E-state index in [9.17, 15) is 4.39 Å². The summed E-state index contributed by atoms with van der Waals surface area (Å²) in [7, 11) is 0. The average Bonchev–Trinajstić information content (AvgIpc) is 2.18. The van der Waals surface area contributed by atoms with Gasteiger partial charge >= 0.3 is 0 Å². The van der Waals surface area contributed by atoms with Crippen molar-refractivity contribution < 1.29 is 4.39 Å². The molecule has 2 heteroatoms. The maximum Gasteiger partial charge on any atom is 0.127 e. The summed E-state index contributed by atoms with van der Waals surface area (Å²) in [6, 6.07) is 1.94. The monoisotopic (exact) mass is 177 g/mol. The van der Waals surface area contributed by atoms with Crippen LogP contribution in [0.1, 0.15) is 20.3 Å². The molecule has 0 aromatic carbocycles. The highest BCUT2D eigenvalue weighted by Gasteiger charge is 2.13. The molecule has 1 rings (SSSR count). The SMILES string of the molecule is CC1(C)C=CC(F)=C(CC#N)C=C1.